The van der Waals surface area contributed by atoms with Crippen LogP contribution in [0, 0.1) is 5.82 Å². The summed E-state index contributed by atoms with van der Waals surface area (Å²) < 4.78 is 13.8. The van der Waals surface area contributed by atoms with Crippen molar-refractivity contribution in [3.63, 3.8) is 0 Å². The number of hydrogen-bond acceptors (Lipinski definition) is 3. The first-order chi connectivity index (χ1) is 8.41. The van der Waals surface area contributed by atoms with Crippen molar-refractivity contribution in [2.75, 3.05) is 6.54 Å². The predicted octanol–water partition coefficient (Wildman–Crippen LogP) is 2.26. The third-order valence-corrected chi connectivity index (χ3v) is 3.39. The minimum Gasteiger partial charge on any atom is -0.388 e. The van der Waals surface area contributed by atoms with Gasteiger partial charge in [0.2, 0.25) is 0 Å². The van der Waals surface area contributed by atoms with Crippen LogP contribution >= 0.6 is 15.9 Å². The summed E-state index contributed by atoms with van der Waals surface area (Å²) in [6.07, 6.45) is 2.02. The van der Waals surface area contributed by atoms with Gasteiger partial charge in [0.25, 0.3) is 5.91 Å². The van der Waals surface area contributed by atoms with Gasteiger partial charge in [-0.1, -0.05) is 13.8 Å². The van der Waals surface area contributed by atoms with Gasteiger partial charge in [-0.25, -0.2) is 9.37 Å². The number of aliphatic hydroxyl groups is 1. The van der Waals surface area contributed by atoms with Gasteiger partial charge >= 0.3 is 0 Å². The molecule has 0 saturated heterocycles. The second-order valence-electron chi connectivity index (χ2n) is 4.10. The van der Waals surface area contributed by atoms with E-state index >= 15 is 0 Å². The fourth-order valence-corrected chi connectivity index (χ4v) is 1.76. The van der Waals surface area contributed by atoms with Gasteiger partial charge in [-0.2, -0.15) is 0 Å². The number of nitrogens with zero attached hydrogens (tertiary/aromatic N) is 1. The van der Waals surface area contributed by atoms with E-state index in [-0.39, 0.29) is 12.1 Å². The van der Waals surface area contributed by atoms with Gasteiger partial charge < -0.3 is 10.4 Å². The van der Waals surface area contributed by atoms with Gasteiger partial charge in [-0.3, -0.25) is 4.79 Å². The van der Waals surface area contributed by atoms with Crippen LogP contribution in [0.25, 0.3) is 0 Å². The van der Waals surface area contributed by atoms with Gasteiger partial charge in [0.15, 0.2) is 5.82 Å². The lowest BCUT2D eigenvalue weighted by Gasteiger charge is -2.25. The fraction of sp³-hybridized carbons (Fsp3) is 0.500. The number of carbonyl (C=O) groups is 1. The van der Waals surface area contributed by atoms with E-state index in [4.69, 9.17) is 0 Å². The van der Waals surface area contributed by atoms with Crippen molar-refractivity contribution in [1.82, 2.24) is 10.3 Å². The molecule has 1 aromatic rings. The molecule has 1 heterocycles. The summed E-state index contributed by atoms with van der Waals surface area (Å²) in [5.74, 6) is -1.25. The highest BCUT2D eigenvalue weighted by Crippen LogP contribution is 2.15. The first kappa shape index (κ1) is 15.0. The van der Waals surface area contributed by atoms with Crippen LogP contribution in [0.4, 0.5) is 4.39 Å². The zero-order valence-electron chi connectivity index (χ0n) is 10.3. The molecule has 1 amide bonds. The minimum atomic E-state index is -0.948. The first-order valence-electron chi connectivity index (χ1n) is 5.73. The molecule has 18 heavy (non-hydrogen) atoms. The Morgan fingerprint density at radius 1 is 1.56 bits per heavy atom. The number of rotatable bonds is 5. The maximum Gasteiger partial charge on any atom is 0.254 e. The molecule has 0 spiro atoms. The Kier molecular flexibility index (Phi) is 5.22. The maximum atomic E-state index is 13.4. The Balaban J connectivity index is 2.74. The average Bonchev–Trinajstić information content (AvgIpc) is 2.38. The summed E-state index contributed by atoms with van der Waals surface area (Å²) >= 11 is 3.08. The van der Waals surface area contributed by atoms with Gasteiger partial charge in [0.1, 0.15) is 4.60 Å². The predicted molar refractivity (Wildman–Crippen MR) is 69.8 cm³/mol. The quantitative estimate of drug-likeness (QED) is 0.819. The molecule has 4 nitrogen and oxygen atoms in total. The van der Waals surface area contributed by atoms with E-state index in [0.29, 0.717) is 17.4 Å². The molecular formula is C12H16BrFN2O2. The van der Waals surface area contributed by atoms with Crippen LogP contribution in [-0.4, -0.2) is 28.1 Å². The third-order valence-electron chi connectivity index (χ3n) is 2.96. The van der Waals surface area contributed by atoms with Gasteiger partial charge in [-0.15, -0.1) is 0 Å². The highest BCUT2D eigenvalue weighted by atomic mass is 79.9. The molecule has 100 valence electrons. The number of aromatic nitrogens is 1. The second-order valence-corrected chi connectivity index (χ2v) is 4.91. The molecule has 0 fully saturated rings. The van der Waals surface area contributed by atoms with E-state index in [1.54, 1.807) is 0 Å². The lowest BCUT2D eigenvalue weighted by molar-refractivity contribution is 0.0313. The number of hydrogen-bond donors (Lipinski definition) is 2. The number of halogens is 2. The summed E-state index contributed by atoms with van der Waals surface area (Å²) in [6, 6.07) is 1.31. The van der Waals surface area contributed by atoms with Gasteiger partial charge in [0, 0.05) is 6.54 Å². The van der Waals surface area contributed by atoms with Gasteiger partial charge in [-0.05, 0) is 34.8 Å². The van der Waals surface area contributed by atoms with E-state index in [2.05, 4.69) is 26.2 Å². The van der Waals surface area contributed by atoms with E-state index in [0.717, 1.165) is 6.20 Å². The molecule has 0 aliphatic rings. The fourth-order valence-electron chi connectivity index (χ4n) is 1.43. The first-order valence-corrected chi connectivity index (χ1v) is 6.52. The highest BCUT2D eigenvalue weighted by Gasteiger charge is 2.23. The van der Waals surface area contributed by atoms with Gasteiger partial charge in [0.05, 0.1) is 17.4 Å². The van der Waals surface area contributed by atoms with Crippen molar-refractivity contribution < 1.29 is 14.3 Å². The van der Waals surface area contributed by atoms with E-state index < -0.39 is 17.3 Å². The monoisotopic (exact) mass is 318 g/mol. The lowest BCUT2D eigenvalue weighted by atomic mass is 9.97. The molecule has 0 saturated carbocycles. The molecule has 0 bridgehead atoms. The molecule has 1 aromatic heterocycles. The topological polar surface area (TPSA) is 62.2 Å². The highest BCUT2D eigenvalue weighted by molar-refractivity contribution is 9.10. The minimum absolute atomic E-state index is 0.0913. The van der Waals surface area contributed by atoms with Crippen molar-refractivity contribution >= 4 is 21.8 Å². The summed E-state index contributed by atoms with van der Waals surface area (Å²) in [7, 11) is 0. The molecular weight excluding hydrogens is 303 g/mol. The van der Waals surface area contributed by atoms with Crippen molar-refractivity contribution in [2.24, 2.45) is 0 Å². The Labute approximate surface area is 114 Å². The summed E-state index contributed by atoms with van der Waals surface area (Å²) in [6.45, 7) is 3.76. The average molecular weight is 319 g/mol. The SMILES string of the molecule is CCC(O)(CC)CNC(=O)c1cc(Br)ncc1F. The summed E-state index contributed by atoms with van der Waals surface area (Å²) in [5.41, 5.74) is -1.04. The van der Waals surface area contributed by atoms with Crippen LogP contribution in [-0.2, 0) is 0 Å². The molecule has 0 atom stereocenters. The van der Waals surface area contributed by atoms with Crippen LogP contribution in [0.1, 0.15) is 37.0 Å². The summed E-state index contributed by atoms with van der Waals surface area (Å²) in [5, 5.41) is 12.6. The second kappa shape index (κ2) is 6.24. The molecule has 6 heteroatoms. The third kappa shape index (κ3) is 3.74. The van der Waals surface area contributed by atoms with E-state index in [1.165, 1.54) is 6.07 Å². The lowest BCUT2D eigenvalue weighted by Crippen LogP contribution is -2.42. The van der Waals surface area contributed by atoms with Crippen molar-refractivity contribution in [3.05, 3.63) is 28.2 Å². The largest absolute Gasteiger partial charge is 0.388 e. The van der Waals surface area contributed by atoms with Crippen LogP contribution in [0.3, 0.4) is 0 Å². The number of pyridine rings is 1. The van der Waals surface area contributed by atoms with Crippen LogP contribution in [0.15, 0.2) is 16.9 Å². The number of amides is 1. The maximum absolute atomic E-state index is 13.4. The summed E-state index contributed by atoms with van der Waals surface area (Å²) in [4.78, 5) is 15.5. The smallest absolute Gasteiger partial charge is 0.254 e. The van der Waals surface area contributed by atoms with E-state index in [9.17, 15) is 14.3 Å². The molecule has 0 aromatic carbocycles. The number of nitrogens with one attached hydrogen (secondary N) is 1. The van der Waals surface area contributed by atoms with Crippen LogP contribution < -0.4 is 5.32 Å². The Morgan fingerprint density at radius 2 is 2.17 bits per heavy atom. The van der Waals surface area contributed by atoms with Crippen molar-refractivity contribution in [2.45, 2.75) is 32.3 Å². The zero-order chi connectivity index (χ0) is 13.8. The molecule has 0 unspecified atom stereocenters. The number of carbonyl (C=O) groups excluding carboxylic acids is 1. The van der Waals surface area contributed by atoms with Crippen molar-refractivity contribution in [1.29, 1.82) is 0 Å². The standard InChI is InChI=1S/C12H16BrFN2O2/c1-3-12(18,4-2)7-16-11(17)8-5-10(13)15-6-9(8)14/h5-6,18H,3-4,7H2,1-2H3,(H,16,17). The van der Waals surface area contributed by atoms with Crippen LogP contribution in [0.5, 0.6) is 0 Å². The Bertz CT molecular complexity index is 436. The molecule has 2 N–H and O–H groups in total. The van der Waals surface area contributed by atoms with Crippen LogP contribution in [0.2, 0.25) is 0 Å². The zero-order valence-corrected chi connectivity index (χ0v) is 11.9. The molecule has 0 aliphatic carbocycles. The normalized spacial score (nSPS) is 11.4. The van der Waals surface area contributed by atoms with Crippen molar-refractivity contribution in [3.8, 4) is 0 Å². The molecule has 0 aliphatic heterocycles. The molecule has 1 rings (SSSR count). The Hall–Kier alpha value is -1.01. The Morgan fingerprint density at radius 3 is 2.72 bits per heavy atom. The van der Waals surface area contributed by atoms with E-state index in [1.807, 2.05) is 13.8 Å². The molecule has 0 radical (unpaired) electrons.